The third kappa shape index (κ3) is 3.69. The predicted molar refractivity (Wildman–Crippen MR) is 97.7 cm³/mol. The van der Waals surface area contributed by atoms with Crippen LogP contribution in [0.25, 0.3) is 0 Å². The first-order valence-electron chi connectivity index (χ1n) is 9.02. The van der Waals surface area contributed by atoms with Gasteiger partial charge in [-0.05, 0) is 60.1 Å². The zero-order valence-corrected chi connectivity index (χ0v) is 14.7. The highest BCUT2D eigenvalue weighted by Crippen LogP contribution is 2.39. The fourth-order valence-electron chi connectivity index (χ4n) is 3.59. The van der Waals surface area contributed by atoms with E-state index < -0.39 is 0 Å². The first-order chi connectivity index (χ1) is 11.6. The number of benzene rings is 2. The molecule has 1 aliphatic rings. The maximum absolute atomic E-state index is 12.2. The zero-order valence-electron chi connectivity index (χ0n) is 14.7. The minimum atomic E-state index is -0.297. The lowest BCUT2D eigenvalue weighted by atomic mass is 9.71. The van der Waals surface area contributed by atoms with Gasteiger partial charge in [-0.1, -0.05) is 57.4 Å². The van der Waals surface area contributed by atoms with Crippen LogP contribution >= 0.6 is 0 Å². The van der Waals surface area contributed by atoms with Crippen LogP contribution in [0.5, 0.6) is 5.75 Å². The number of hydrogen-bond acceptors (Lipinski definition) is 2. The van der Waals surface area contributed by atoms with Crippen molar-refractivity contribution in [2.45, 2.75) is 57.8 Å². The van der Waals surface area contributed by atoms with Crippen LogP contribution in [0.4, 0.5) is 0 Å². The molecule has 0 radical (unpaired) electrons. The molecule has 2 nitrogen and oxygen atoms in total. The van der Waals surface area contributed by atoms with E-state index in [0.29, 0.717) is 11.3 Å². The highest BCUT2D eigenvalue weighted by Gasteiger charge is 2.28. The normalized spacial score (nSPS) is 16.6. The highest BCUT2D eigenvalue weighted by atomic mass is 16.5. The maximum atomic E-state index is 12.2. The second-order valence-electron chi connectivity index (χ2n) is 7.09. The van der Waals surface area contributed by atoms with Gasteiger partial charge in [0, 0.05) is 0 Å². The average molecular weight is 322 g/mol. The second kappa shape index (κ2) is 7.21. The summed E-state index contributed by atoms with van der Waals surface area (Å²) < 4.78 is 5.51. The summed E-state index contributed by atoms with van der Waals surface area (Å²) in [5.74, 6) is 0.317. The molecule has 2 aromatic rings. The summed E-state index contributed by atoms with van der Waals surface area (Å²) in [7, 11) is 0. The number of aryl methyl sites for hydroxylation is 1. The lowest BCUT2D eigenvalue weighted by Crippen LogP contribution is -2.24. The standard InChI is InChI=1S/C22H26O2/c1-3-17-7-9-18(10-8-17)21(23)24-20-13-11-19(12-14-20)22(2)15-5-4-6-16-22/h7-14H,3-6,15-16H2,1-2H3. The Bertz CT molecular complexity index is 677. The van der Waals surface area contributed by atoms with Gasteiger partial charge >= 0.3 is 5.97 Å². The highest BCUT2D eigenvalue weighted by molar-refractivity contribution is 5.91. The van der Waals surface area contributed by atoms with E-state index in [2.05, 4.69) is 26.0 Å². The fourth-order valence-corrected chi connectivity index (χ4v) is 3.59. The molecule has 0 unspecified atom stereocenters. The van der Waals surface area contributed by atoms with Crippen molar-refractivity contribution >= 4 is 5.97 Å². The summed E-state index contributed by atoms with van der Waals surface area (Å²) in [6, 6.07) is 15.7. The van der Waals surface area contributed by atoms with Gasteiger partial charge in [-0.25, -0.2) is 4.79 Å². The van der Waals surface area contributed by atoms with Crippen molar-refractivity contribution in [3.05, 3.63) is 65.2 Å². The van der Waals surface area contributed by atoms with Gasteiger partial charge in [0.1, 0.15) is 5.75 Å². The first kappa shape index (κ1) is 16.8. The molecule has 1 aliphatic carbocycles. The fraction of sp³-hybridized carbons (Fsp3) is 0.409. The quantitative estimate of drug-likeness (QED) is 0.534. The number of carbonyl (C=O) groups is 1. The summed E-state index contributed by atoms with van der Waals surface area (Å²) in [4.78, 5) is 12.2. The van der Waals surface area contributed by atoms with Crippen LogP contribution in [0.15, 0.2) is 48.5 Å². The molecule has 2 heteroatoms. The molecule has 24 heavy (non-hydrogen) atoms. The molecule has 0 bridgehead atoms. The molecule has 0 saturated heterocycles. The van der Waals surface area contributed by atoms with Gasteiger partial charge in [-0.2, -0.15) is 0 Å². The van der Waals surface area contributed by atoms with Gasteiger partial charge < -0.3 is 4.74 Å². The van der Waals surface area contributed by atoms with E-state index in [4.69, 9.17) is 4.74 Å². The molecule has 2 aromatic carbocycles. The molecule has 0 aliphatic heterocycles. The van der Waals surface area contributed by atoms with Crippen LogP contribution in [-0.4, -0.2) is 5.97 Å². The average Bonchev–Trinajstić information content (AvgIpc) is 2.63. The first-order valence-corrected chi connectivity index (χ1v) is 9.02. The van der Waals surface area contributed by atoms with E-state index in [1.165, 1.54) is 43.2 Å². The summed E-state index contributed by atoms with van der Waals surface area (Å²) in [5, 5.41) is 0. The zero-order chi connectivity index (χ0) is 17.0. The number of esters is 1. The number of carbonyl (C=O) groups excluding carboxylic acids is 1. The van der Waals surface area contributed by atoms with Crippen molar-refractivity contribution in [1.29, 1.82) is 0 Å². The van der Waals surface area contributed by atoms with Gasteiger partial charge in [0.25, 0.3) is 0 Å². The lowest BCUT2D eigenvalue weighted by Gasteiger charge is -2.34. The molecule has 0 spiro atoms. The van der Waals surface area contributed by atoms with Crippen molar-refractivity contribution in [2.24, 2.45) is 0 Å². The predicted octanol–water partition coefficient (Wildman–Crippen LogP) is 5.69. The molecular formula is C22H26O2. The van der Waals surface area contributed by atoms with Crippen LogP contribution in [0.1, 0.15) is 67.4 Å². The molecule has 0 aromatic heterocycles. The van der Waals surface area contributed by atoms with Crippen molar-refractivity contribution < 1.29 is 9.53 Å². The maximum Gasteiger partial charge on any atom is 0.343 e. The SMILES string of the molecule is CCc1ccc(C(=O)Oc2ccc(C3(C)CCCCC3)cc2)cc1. The van der Waals surface area contributed by atoms with E-state index in [1.807, 2.05) is 36.4 Å². The Labute approximate surface area is 144 Å². The third-order valence-corrected chi connectivity index (χ3v) is 5.32. The largest absolute Gasteiger partial charge is 0.423 e. The van der Waals surface area contributed by atoms with Crippen molar-refractivity contribution in [1.82, 2.24) is 0 Å². The lowest BCUT2D eigenvalue weighted by molar-refractivity contribution is 0.0734. The monoisotopic (exact) mass is 322 g/mol. The Morgan fingerprint density at radius 2 is 1.58 bits per heavy atom. The van der Waals surface area contributed by atoms with Gasteiger partial charge in [0.2, 0.25) is 0 Å². The molecule has 126 valence electrons. The Morgan fingerprint density at radius 3 is 2.17 bits per heavy atom. The minimum absolute atomic E-state index is 0.275. The second-order valence-corrected chi connectivity index (χ2v) is 7.09. The topological polar surface area (TPSA) is 26.3 Å². The third-order valence-electron chi connectivity index (χ3n) is 5.32. The minimum Gasteiger partial charge on any atom is -0.423 e. The smallest absolute Gasteiger partial charge is 0.343 e. The molecule has 1 saturated carbocycles. The van der Waals surface area contributed by atoms with Crippen molar-refractivity contribution in [3.63, 3.8) is 0 Å². The van der Waals surface area contributed by atoms with Crippen LogP contribution in [0, 0.1) is 0 Å². The Kier molecular flexibility index (Phi) is 5.03. The van der Waals surface area contributed by atoms with Gasteiger partial charge in [-0.3, -0.25) is 0 Å². The number of hydrogen-bond donors (Lipinski definition) is 0. The van der Waals surface area contributed by atoms with Crippen LogP contribution in [-0.2, 0) is 11.8 Å². The molecule has 0 heterocycles. The van der Waals surface area contributed by atoms with Crippen molar-refractivity contribution in [2.75, 3.05) is 0 Å². The van der Waals surface area contributed by atoms with Gasteiger partial charge in [0.15, 0.2) is 0 Å². The summed E-state index contributed by atoms with van der Waals surface area (Å²) >= 11 is 0. The van der Waals surface area contributed by atoms with E-state index in [1.54, 1.807) is 0 Å². The van der Waals surface area contributed by atoms with E-state index in [-0.39, 0.29) is 11.4 Å². The summed E-state index contributed by atoms with van der Waals surface area (Å²) in [6.07, 6.45) is 7.42. The van der Waals surface area contributed by atoms with E-state index in [9.17, 15) is 4.79 Å². The molecular weight excluding hydrogens is 296 g/mol. The Morgan fingerprint density at radius 1 is 0.958 bits per heavy atom. The van der Waals surface area contributed by atoms with Crippen molar-refractivity contribution in [3.8, 4) is 5.75 Å². The molecule has 3 rings (SSSR count). The summed E-state index contributed by atoms with van der Waals surface area (Å²) in [6.45, 7) is 4.45. The van der Waals surface area contributed by atoms with Gasteiger partial charge in [-0.15, -0.1) is 0 Å². The Hall–Kier alpha value is -2.09. The van der Waals surface area contributed by atoms with Gasteiger partial charge in [0.05, 0.1) is 5.56 Å². The van der Waals surface area contributed by atoms with E-state index >= 15 is 0 Å². The van der Waals surface area contributed by atoms with Crippen LogP contribution in [0.2, 0.25) is 0 Å². The van der Waals surface area contributed by atoms with Crippen LogP contribution < -0.4 is 4.74 Å². The van der Waals surface area contributed by atoms with Crippen LogP contribution in [0.3, 0.4) is 0 Å². The van der Waals surface area contributed by atoms with E-state index in [0.717, 1.165) is 6.42 Å². The molecule has 0 atom stereocenters. The molecule has 1 fully saturated rings. The summed E-state index contributed by atoms with van der Waals surface area (Å²) in [5.41, 5.74) is 3.44. The Balaban J connectivity index is 1.68. The molecule has 0 N–H and O–H groups in total. The number of ether oxygens (including phenoxy) is 1. The number of rotatable bonds is 4. The molecule has 0 amide bonds.